The number of hydrogen-bond acceptors (Lipinski definition) is 4. The Hall–Kier alpha value is -1.56. The van der Waals surface area contributed by atoms with E-state index in [0.717, 1.165) is 23.6 Å². The van der Waals surface area contributed by atoms with Crippen molar-refractivity contribution >= 4 is 11.7 Å². The first-order valence-electron chi connectivity index (χ1n) is 6.47. The van der Waals surface area contributed by atoms with Crippen LogP contribution in [0.15, 0.2) is 0 Å². The fourth-order valence-corrected chi connectivity index (χ4v) is 2.80. The molecule has 1 aromatic heterocycles. The number of piperazine rings is 1. The number of amides is 1. The van der Waals surface area contributed by atoms with Crippen LogP contribution in [-0.2, 0) is 18.4 Å². The zero-order chi connectivity index (χ0) is 14.4. The number of likely N-dealkylation sites (N-methyl/N-ethyl adjacent to an activating group) is 1. The summed E-state index contributed by atoms with van der Waals surface area (Å²) >= 11 is 0. The molecule has 0 aromatic carbocycles. The van der Waals surface area contributed by atoms with Crippen molar-refractivity contribution in [1.82, 2.24) is 14.7 Å². The summed E-state index contributed by atoms with van der Waals surface area (Å²) in [6, 6.07) is 0. The Balaban J connectivity index is 2.50. The molecule has 6 nitrogen and oxygen atoms in total. The highest BCUT2D eigenvalue weighted by Crippen LogP contribution is 2.32. The molecule has 1 aromatic rings. The highest BCUT2D eigenvalue weighted by molar-refractivity contribution is 5.90. The van der Waals surface area contributed by atoms with Gasteiger partial charge >= 0.3 is 0 Å². The van der Waals surface area contributed by atoms with Gasteiger partial charge in [0.15, 0.2) is 0 Å². The van der Waals surface area contributed by atoms with Gasteiger partial charge in [0.25, 0.3) is 0 Å². The second kappa shape index (κ2) is 4.52. The minimum atomic E-state index is -0.628. The van der Waals surface area contributed by atoms with Gasteiger partial charge in [0.2, 0.25) is 5.91 Å². The molecule has 0 bridgehead atoms. The van der Waals surface area contributed by atoms with Crippen molar-refractivity contribution in [2.24, 2.45) is 7.05 Å². The third kappa shape index (κ3) is 2.00. The van der Waals surface area contributed by atoms with Crippen LogP contribution in [0.4, 0.5) is 5.82 Å². The molecule has 0 atom stereocenters. The number of aliphatic hydroxyl groups excluding tert-OH is 1. The molecule has 2 heterocycles. The summed E-state index contributed by atoms with van der Waals surface area (Å²) in [4.78, 5) is 16.1. The van der Waals surface area contributed by atoms with E-state index >= 15 is 0 Å². The van der Waals surface area contributed by atoms with Crippen LogP contribution in [0, 0.1) is 6.92 Å². The molecule has 106 valence electrons. The Kier molecular flexibility index (Phi) is 3.30. The van der Waals surface area contributed by atoms with E-state index in [9.17, 15) is 9.90 Å². The highest BCUT2D eigenvalue weighted by atomic mass is 16.3. The molecule has 1 fully saturated rings. The first-order valence-corrected chi connectivity index (χ1v) is 6.47. The second-order valence-corrected chi connectivity index (χ2v) is 5.61. The molecule has 19 heavy (non-hydrogen) atoms. The summed E-state index contributed by atoms with van der Waals surface area (Å²) in [5.41, 5.74) is 0.979. The monoisotopic (exact) mass is 266 g/mol. The third-order valence-electron chi connectivity index (χ3n) is 3.93. The molecule has 1 N–H and O–H groups in total. The molecular formula is C13H22N4O2. The first kappa shape index (κ1) is 13.9. The van der Waals surface area contributed by atoms with E-state index in [1.54, 1.807) is 9.58 Å². The van der Waals surface area contributed by atoms with Gasteiger partial charge in [-0.2, -0.15) is 5.10 Å². The van der Waals surface area contributed by atoms with Crippen molar-refractivity contribution in [3.63, 3.8) is 0 Å². The van der Waals surface area contributed by atoms with Crippen LogP contribution in [0.5, 0.6) is 0 Å². The van der Waals surface area contributed by atoms with Crippen LogP contribution >= 0.6 is 0 Å². The lowest BCUT2D eigenvalue weighted by molar-refractivity contribution is -0.136. The van der Waals surface area contributed by atoms with Crippen LogP contribution in [0.2, 0.25) is 0 Å². The molecule has 0 aliphatic carbocycles. The van der Waals surface area contributed by atoms with Gasteiger partial charge in [-0.3, -0.25) is 9.48 Å². The molecule has 2 rings (SSSR count). The number of aryl methyl sites for hydroxylation is 2. The predicted molar refractivity (Wildman–Crippen MR) is 72.9 cm³/mol. The number of hydrogen-bond donors (Lipinski definition) is 1. The van der Waals surface area contributed by atoms with E-state index in [1.165, 1.54) is 0 Å². The van der Waals surface area contributed by atoms with Gasteiger partial charge in [-0.15, -0.1) is 0 Å². The Morgan fingerprint density at radius 2 is 1.95 bits per heavy atom. The number of anilines is 1. The van der Waals surface area contributed by atoms with Gasteiger partial charge < -0.3 is 14.9 Å². The zero-order valence-corrected chi connectivity index (χ0v) is 12.3. The second-order valence-electron chi connectivity index (χ2n) is 5.61. The van der Waals surface area contributed by atoms with Crippen molar-refractivity contribution in [3.8, 4) is 0 Å². The summed E-state index contributed by atoms with van der Waals surface area (Å²) in [6.45, 7) is 7.05. The Morgan fingerprint density at radius 1 is 1.32 bits per heavy atom. The topological polar surface area (TPSA) is 61.6 Å². The van der Waals surface area contributed by atoms with E-state index < -0.39 is 5.54 Å². The average Bonchev–Trinajstić information content (AvgIpc) is 2.61. The lowest BCUT2D eigenvalue weighted by Crippen LogP contribution is -2.62. The van der Waals surface area contributed by atoms with Gasteiger partial charge in [-0.05, 0) is 20.8 Å². The van der Waals surface area contributed by atoms with Gasteiger partial charge in [-0.25, -0.2) is 0 Å². The molecule has 1 aliphatic rings. The number of rotatable bonds is 2. The average molecular weight is 266 g/mol. The minimum absolute atomic E-state index is 0.0639. The number of nitrogens with zero attached hydrogens (tertiary/aromatic N) is 4. The standard InChI is InChI=1S/C13H22N4O2/c1-9-10(8-18)11(16(5)14-9)17-7-6-15(4)12(19)13(17,2)3/h18H,6-8H2,1-5H3. The molecular weight excluding hydrogens is 244 g/mol. The maximum atomic E-state index is 12.3. The molecule has 0 saturated carbocycles. The van der Waals surface area contributed by atoms with E-state index in [2.05, 4.69) is 5.10 Å². The van der Waals surface area contributed by atoms with Crippen LogP contribution in [0.25, 0.3) is 0 Å². The molecule has 1 saturated heterocycles. The molecule has 1 aliphatic heterocycles. The van der Waals surface area contributed by atoms with Crippen LogP contribution in [-0.4, -0.2) is 51.4 Å². The lowest BCUT2D eigenvalue weighted by atomic mass is 9.97. The quantitative estimate of drug-likeness (QED) is 0.835. The summed E-state index contributed by atoms with van der Waals surface area (Å²) in [6.07, 6.45) is 0. The van der Waals surface area contributed by atoms with Crippen molar-refractivity contribution in [2.45, 2.75) is 32.9 Å². The van der Waals surface area contributed by atoms with Crippen molar-refractivity contribution in [1.29, 1.82) is 0 Å². The predicted octanol–water partition coefficient (Wildman–Crippen LogP) is 0.278. The third-order valence-corrected chi connectivity index (χ3v) is 3.93. The van der Waals surface area contributed by atoms with Crippen molar-refractivity contribution in [2.75, 3.05) is 25.0 Å². The fourth-order valence-electron chi connectivity index (χ4n) is 2.80. The highest BCUT2D eigenvalue weighted by Gasteiger charge is 2.42. The normalized spacial score (nSPS) is 19.2. The SMILES string of the molecule is Cc1nn(C)c(N2CCN(C)C(=O)C2(C)C)c1CO. The van der Waals surface area contributed by atoms with Gasteiger partial charge in [0, 0.05) is 32.7 Å². The summed E-state index contributed by atoms with van der Waals surface area (Å²) < 4.78 is 1.75. The summed E-state index contributed by atoms with van der Waals surface area (Å²) in [5.74, 6) is 0.924. The minimum Gasteiger partial charge on any atom is -0.391 e. The molecule has 0 unspecified atom stereocenters. The van der Waals surface area contributed by atoms with Gasteiger partial charge in [-0.1, -0.05) is 0 Å². The van der Waals surface area contributed by atoms with E-state index in [0.29, 0.717) is 6.54 Å². The number of carbonyl (C=O) groups is 1. The number of aliphatic hydroxyl groups is 1. The van der Waals surface area contributed by atoms with Gasteiger partial charge in [0.1, 0.15) is 11.4 Å². The number of carbonyl (C=O) groups excluding carboxylic acids is 1. The molecule has 0 radical (unpaired) electrons. The fraction of sp³-hybridized carbons (Fsp3) is 0.692. The molecule has 1 amide bonds. The molecule has 6 heteroatoms. The van der Waals surface area contributed by atoms with Crippen molar-refractivity contribution < 1.29 is 9.90 Å². The summed E-state index contributed by atoms with van der Waals surface area (Å²) in [7, 11) is 3.67. The molecule has 0 spiro atoms. The Bertz CT molecular complexity index is 507. The van der Waals surface area contributed by atoms with Gasteiger partial charge in [0.05, 0.1) is 12.3 Å². The van der Waals surface area contributed by atoms with Crippen molar-refractivity contribution in [3.05, 3.63) is 11.3 Å². The smallest absolute Gasteiger partial charge is 0.247 e. The Morgan fingerprint density at radius 3 is 2.53 bits per heavy atom. The zero-order valence-electron chi connectivity index (χ0n) is 12.3. The first-order chi connectivity index (χ1) is 8.80. The Labute approximate surface area is 113 Å². The van der Waals surface area contributed by atoms with E-state index in [1.807, 2.05) is 39.8 Å². The van der Waals surface area contributed by atoms with Crippen LogP contribution in [0.3, 0.4) is 0 Å². The van der Waals surface area contributed by atoms with E-state index in [-0.39, 0.29) is 12.5 Å². The maximum Gasteiger partial charge on any atom is 0.247 e. The largest absolute Gasteiger partial charge is 0.391 e. The van der Waals surface area contributed by atoms with E-state index in [4.69, 9.17) is 0 Å². The number of aromatic nitrogens is 2. The van der Waals surface area contributed by atoms with Crippen LogP contribution in [0.1, 0.15) is 25.1 Å². The lowest BCUT2D eigenvalue weighted by Gasteiger charge is -2.46. The summed E-state index contributed by atoms with van der Waals surface area (Å²) in [5, 5.41) is 13.9. The maximum absolute atomic E-state index is 12.3. The van der Waals surface area contributed by atoms with Crippen LogP contribution < -0.4 is 4.90 Å².